The average molecular weight is 244 g/mol. The summed E-state index contributed by atoms with van der Waals surface area (Å²) in [4.78, 5) is 0. The molecule has 1 aromatic carbocycles. The van der Waals surface area contributed by atoms with Gasteiger partial charge in [0.25, 0.3) is 0 Å². The van der Waals surface area contributed by atoms with E-state index in [-0.39, 0.29) is 11.3 Å². The summed E-state index contributed by atoms with van der Waals surface area (Å²) >= 11 is 1.75. The van der Waals surface area contributed by atoms with Gasteiger partial charge in [-0.2, -0.15) is 11.8 Å². The number of rotatable bonds is 3. The van der Waals surface area contributed by atoms with Gasteiger partial charge >= 0.3 is 0 Å². The van der Waals surface area contributed by atoms with Gasteiger partial charge in [0.05, 0.1) is 6.04 Å². The SMILES string of the molecule is NNC(c1cccc(F)c1F)C1CCCS1. The molecule has 2 rings (SSSR count). The van der Waals surface area contributed by atoms with E-state index in [1.54, 1.807) is 17.8 Å². The van der Waals surface area contributed by atoms with E-state index in [0.29, 0.717) is 5.56 Å². The highest BCUT2D eigenvalue weighted by atomic mass is 32.2. The van der Waals surface area contributed by atoms with E-state index in [1.807, 2.05) is 0 Å². The Morgan fingerprint density at radius 2 is 2.25 bits per heavy atom. The number of hydrogen-bond acceptors (Lipinski definition) is 3. The molecule has 0 saturated carbocycles. The molecule has 1 aliphatic heterocycles. The maximum absolute atomic E-state index is 13.6. The van der Waals surface area contributed by atoms with Crippen LogP contribution in [-0.4, -0.2) is 11.0 Å². The maximum Gasteiger partial charge on any atom is 0.163 e. The second kappa shape index (κ2) is 5.12. The molecule has 1 saturated heterocycles. The van der Waals surface area contributed by atoms with Gasteiger partial charge in [-0.05, 0) is 24.7 Å². The van der Waals surface area contributed by atoms with Crippen molar-refractivity contribution in [3.05, 3.63) is 35.4 Å². The first kappa shape index (κ1) is 11.8. The Morgan fingerprint density at radius 1 is 1.44 bits per heavy atom. The predicted octanol–water partition coefficient (Wildman–Crippen LogP) is 2.36. The fourth-order valence-electron chi connectivity index (χ4n) is 2.02. The highest BCUT2D eigenvalue weighted by Gasteiger charge is 2.28. The summed E-state index contributed by atoms with van der Waals surface area (Å²) in [5, 5.41) is 0.223. The monoisotopic (exact) mass is 244 g/mol. The quantitative estimate of drug-likeness (QED) is 0.633. The fourth-order valence-corrected chi connectivity index (χ4v) is 3.41. The summed E-state index contributed by atoms with van der Waals surface area (Å²) in [6.07, 6.45) is 2.08. The summed E-state index contributed by atoms with van der Waals surface area (Å²) in [7, 11) is 0. The van der Waals surface area contributed by atoms with Crippen LogP contribution in [0.25, 0.3) is 0 Å². The minimum atomic E-state index is -0.819. The first-order chi connectivity index (χ1) is 7.74. The lowest BCUT2D eigenvalue weighted by molar-refractivity contribution is 0.455. The highest BCUT2D eigenvalue weighted by molar-refractivity contribution is 8.00. The van der Waals surface area contributed by atoms with Crippen LogP contribution in [0.2, 0.25) is 0 Å². The zero-order chi connectivity index (χ0) is 11.5. The average Bonchev–Trinajstić information content (AvgIpc) is 2.79. The number of nitrogens with two attached hydrogens (primary N) is 1. The Hall–Kier alpha value is -0.650. The molecule has 5 heteroatoms. The van der Waals surface area contributed by atoms with Gasteiger partial charge < -0.3 is 0 Å². The number of hydrazine groups is 1. The smallest absolute Gasteiger partial charge is 0.163 e. The van der Waals surface area contributed by atoms with Crippen molar-refractivity contribution in [3.8, 4) is 0 Å². The molecule has 0 amide bonds. The molecule has 2 nitrogen and oxygen atoms in total. The molecule has 3 N–H and O–H groups in total. The Morgan fingerprint density at radius 3 is 2.88 bits per heavy atom. The largest absolute Gasteiger partial charge is 0.271 e. The molecule has 2 unspecified atom stereocenters. The number of nitrogens with one attached hydrogen (secondary N) is 1. The number of thioether (sulfide) groups is 1. The summed E-state index contributed by atoms with van der Waals surface area (Å²) in [6.45, 7) is 0. The van der Waals surface area contributed by atoms with E-state index in [2.05, 4.69) is 5.43 Å². The maximum atomic E-state index is 13.6. The molecule has 2 atom stereocenters. The zero-order valence-corrected chi connectivity index (χ0v) is 9.57. The van der Waals surface area contributed by atoms with Crippen molar-refractivity contribution in [3.63, 3.8) is 0 Å². The number of hydrogen-bond donors (Lipinski definition) is 2. The Bertz CT molecular complexity index is 367. The predicted molar refractivity (Wildman–Crippen MR) is 61.9 cm³/mol. The van der Waals surface area contributed by atoms with Crippen LogP contribution in [-0.2, 0) is 0 Å². The van der Waals surface area contributed by atoms with Crippen LogP contribution in [0.3, 0.4) is 0 Å². The van der Waals surface area contributed by atoms with Gasteiger partial charge in [0, 0.05) is 10.8 Å². The van der Waals surface area contributed by atoms with Crippen LogP contribution in [0.5, 0.6) is 0 Å². The van der Waals surface area contributed by atoms with Crippen molar-refractivity contribution in [1.29, 1.82) is 0 Å². The van der Waals surface area contributed by atoms with Gasteiger partial charge in [0.1, 0.15) is 0 Å². The lowest BCUT2D eigenvalue weighted by atomic mass is 10.0. The third-order valence-electron chi connectivity index (χ3n) is 2.83. The molecule has 1 fully saturated rings. The van der Waals surface area contributed by atoms with E-state index in [4.69, 9.17) is 5.84 Å². The Balaban J connectivity index is 2.28. The van der Waals surface area contributed by atoms with E-state index >= 15 is 0 Å². The lowest BCUT2D eigenvalue weighted by Gasteiger charge is -2.22. The van der Waals surface area contributed by atoms with E-state index < -0.39 is 11.6 Å². The second-order valence-corrected chi connectivity index (χ2v) is 5.19. The molecule has 16 heavy (non-hydrogen) atoms. The van der Waals surface area contributed by atoms with Crippen LogP contribution < -0.4 is 11.3 Å². The molecular formula is C11H14F2N2S. The standard InChI is InChI=1S/C11H14F2N2S/c12-8-4-1-3-7(10(8)13)11(15-14)9-5-2-6-16-9/h1,3-4,9,11,15H,2,5-6,14H2. The molecule has 0 radical (unpaired) electrons. The van der Waals surface area contributed by atoms with Gasteiger partial charge in [0.15, 0.2) is 11.6 Å². The van der Waals surface area contributed by atoms with Gasteiger partial charge in [-0.1, -0.05) is 12.1 Å². The summed E-state index contributed by atoms with van der Waals surface area (Å²) < 4.78 is 26.7. The molecule has 0 spiro atoms. The molecular weight excluding hydrogens is 230 g/mol. The van der Waals surface area contributed by atoms with Gasteiger partial charge in [-0.3, -0.25) is 11.3 Å². The summed E-state index contributed by atoms with van der Waals surface area (Å²) in [5.41, 5.74) is 2.92. The van der Waals surface area contributed by atoms with Crippen molar-refractivity contribution in [1.82, 2.24) is 5.43 Å². The summed E-state index contributed by atoms with van der Waals surface area (Å²) in [5.74, 6) is 4.89. The lowest BCUT2D eigenvalue weighted by Crippen LogP contribution is -2.35. The van der Waals surface area contributed by atoms with Gasteiger partial charge in [-0.15, -0.1) is 0 Å². The van der Waals surface area contributed by atoms with Crippen molar-refractivity contribution in [2.24, 2.45) is 5.84 Å². The fraction of sp³-hybridized carbons (Fsp3) is 0.455. The third kappa shape index (κ3) is 2.21. The van der Waals surface area contributed by atoms with E-state index in [0.717, 1.165) is 24.7 Å². The topological polar surface area (TPSA) is 38.0 Å². The van der Waals surface area contributed by atoms with E-state index in [9.17, 15) is 8.78 Å². The first-order valence-electron chi connectivity index (χ1n) is 5.25. The van der Waals surface area contributed by atoms with Crippen LogP contribution >= 0.6 is 11.8 Å². The highest BCUT2D eigenvalue weighted by Crippen LogP contribution is 2.36. The Kier molecular flexibility index (Phi) is 3.78. The minimum Gasteiger partial charge on any atom is -0.271 e. The van der Waals surface area contributed by atoms with Gasteiger partial charge in [-0.25, -0.2) is 8.78 Å². The van der Waals surface area contributed by atoms with Crippen molar-refractivity contribution < 1.29 is 8.78 Å². The Labute approximate surface area is 97.6 Å². The molecule has 0 aromatic heterocycles. The van der Waals surface area contributed by atoms with Crippen molar-refractivity contribution in [2.75, 3.05) is 5.75 Å². The molecule has 0 aliphatic carbocycles. The van der Waals surface area contributed by atoms with Crippen LogP contribution in [0.15, 0.2) is 18.2 Å². The van der Waals surface area contributed by atoms with Crippen molar-refractivity contribution in [2.45, 2.75) is 24.1 Å². The van der Waals surface area contributed by atoms with Crippen LogP contribution in [0, 0.1) is 11.6 Å². The normalized spacial score (nSPS) is 22.3. The number of benzene rings is 1. The molecule has 88 valence electrons. The summed E-state index contributed by atoms with van der Waals surface area (Å²) in [6, 6.07) is 3.90. The molecule has 1 aromatic rings. The molecule has 1 heterocycles. The molecule has 1 aliphatic rings. The first-order valence-corrected chi connectivity index (χ1v) is 6.30. The second-order valence-electron chi connectivity index (χ2n) is 3.84. The third-order valence-corrected chi connectivity index (χ3v) is 4.29. The van der Waals surface area contributed by atoms with E-state index in [1.165, 1.54) is 6.07 Å². The van der Waals surface area contributed by atoms with Crippen LogP contribution in [0.1, 0.15) is 24.4 Å². The van der Waals surface area contributed by atoms with Crippen LogP contribution in [0.4, 0.5) is 8.78 Å². The number of halogens is 2. The molecule has 0 bridgehead atoms. The zero-order valence-electron chi connectivity index (χ0n) is 8.75. The van der Waals surface area contributed by atoms with Crippen molar-refractivity contribution >= 4 is 11.8 Å². The van der Waals surface area contributed by atoms with Gasteiger partial charge in [0.2, 0.25) is 0 Å². The minimum absolute atomic E-state index is 0.223.